The number of rotatable bonds is 7. The molecule has 0 bridgehead atoms. The van der Waals surface area contributed by atoms with E-state index in [0.717, 1.165) is 6.42 Å². The summed E-state index contributed by atoms with van der Waals surface area (Å²) in [6.07, 6.45) is 3.74. The van der Waals surface area contributed by atoms with Crippen LogP contribution in [0.1, 0.15) is 24.6 Å². The summed E-state index contributed by atoms with van der Waals surface area (Å²) in [5.74, 6) is -0.887. The van der Waals surface area contributed by atoms with Crippen molar-refractivity contribution in [3.05, 3.63) is 52.6 Å². The van der Waals surface area contributed by atoms with Gasteiger partial charge in [-0.1, -0.05) is 18.5 Å². The van der Waals surface area contributed by atoms with E-state index in [-0.39, 0.29) is 24.2 Å². The smallest absolute Gasteiger partial charge is 0.246 e. The molecule has 27 heavy (non-hydrogen) atoms. The Balaban J connectivity index is 2.11. The molecular formula is C19H22ClFN4O2. The molecule has 0 saturated heterocycles. The molecule has 0 radical (unpaired) electrons. The van der Waals surface area contributed by atoms with Crippen LogP contribution in [0.5, 0.6) is 0 Å². The summed E-state index contributed by atoms with van der Waals surface area (Å²) in [5.41, 5.74) is 1.81. The molecule has 0 atom stereocenters. The molecular weight excluding hydrogens is 371 g/mol. The highest BCUT2D eigenvalue weighted by molar-refractivity contribution is 6.31. The second-order valence-corrected chi connectivity index (χ2v) is 6.41. The van der Waals surface area contributed by atoms with Gasteiger partial charge in [0.05, 0.1) is 17.9 Å². The van der Waals surface area contributed by atoms with E-state index in [1.165, 1.54) is 27.8 Å². The van der Waals surface area contributed by atoms with Crippen molar-refractivity contribution in [3.63, 3.8) is 0 Å². The van der Waals surface area contributed by atoms with Gasteiger partial charge in [-0.05, 0) is 43.7 Å². The van der Waals surface area contributed by atoms with E-state index in [1.54, 1.807) is 32.2 Å². The summed E-state index contributed by atoms with van der Waals surface area (Å²) < 4.78 is 14.6. The summed E-state index contributed by atoms with van der Waals surface area (Å²) in [4.78, 5) is 25.2. The Hall–Kier alpha value is -2.67. The van der Waals surface area contributed by atoms with Gasteiger partial charge in [0.2, 0.25) is 11.8 Å². The third-order valence-electron chi connectivity index (χ3n) is 3.84. The van der Waals surface area contributed by atoms with Gasteiger partial charge in [-0.15, -0.1) is 0 Å². The Morgan fingerprint density at radius 3 is 2.63 bits per heavy atom. The van der Waals surface area contributed by atoms with Gasteiger partial charge in [-0.2, -0.15) is 5.10 Å². The Bertz CT molecular complexity index is 846. The van der Waals surface area contributed by atoms with Gasteiger partial charge < -0.3 is 10.2 Å². The van der Waals surface area contributed by atoms with Crippen molar-refractivity contribution < 1.29 is 14.0 Å². The quantitative estimate of drug-likeness (QED) is 0.736. The average Bonchev–Trinajstić information content (AvgIpc) is 2.92. The minimum absolute atomic E-state index is 0.0231. The Morgan fingerprint density at radius 1 is 1.33 bits per heavy atom. The number of nitrogens with zero attached hydrogens (tertiary/aromatic N) is 3. The molecule has 0 aliphatic carbocycles. The van der Waals surface area contributed by atoms with Crippen LogP contribution in [0.15, 0.2) is 30.3 Å². The van der Waals surface area contributed by atoms with Crippen LogP contribution >= 0.6 is 11.6 Å². The molecule has 2 amide bonds. The van der Waals surface area contributed by atoms with Gasteiger partial charge in [0.1, 0.15) is 11.0 Å². The number of halogens is 2. The third kappa shape index (κ3) is 5.40. The van der Waals surface area contributed by atoms with Crippen LogP contribution in [0.4, 0.5) is 4.39 Å². The summed E-state index contributed by atoms with van der Waals surface area (Å²) >= 11 is 6.37. The molecule has 1 heterocycles. The van der Waals surface area contributed by atoms with Crippen LogP contribution in [-0.2, 0) is 9.59 Å². The van der Waals surface area contributed by atoms with E-state index in [9.17, 15) is 14.0 Å². The number of aromatic nitrogens is 2. The molecule has 0 aliphatic rings. The maximum Gasteiger partial charge on any atom is 0.246 e. The Labute approximate surface area is 162 Å². The molecule has 0 spiro atoms. The molecule has 144 valence electrons. The maximum absolute atomic E-state index is 13.1. The van der Waals surface area contributed by atoms with Crippen molar-refractivity contribution in [2.75, 3.05) is 20.1 Å². The predicted octanol–water partition coefficient (Wildman–Crippen LogP) is 2.97. The highest BCUT2D eigenvalue weighted by atomic mass is 35.5. The number of aryl methyl sites for hydroxylation is 1. The summed E-state index contributed by atoms with van der Waals surface area (Å²) in [6, 6.07) is 5.77. The highest BCUT2D eigenvalue weighted by Gasteiger charge is 2.14. The summed E-state index contributed by atoms with van der Waals surface area (Å²) in [6.45, 7) is 4.27. The van der Waals surface area contributed by atoms with Gasteiger partial charge in [-0.25, -0.2) is 9.07 Å². The lowest BCUT2D eigenvalue weighted by molar-refractivity contribution is -0.131. The van der Waals surface area contributed by atoms with Crippen LogP contribution in [0.2, 0.25) is 5.15 Å². The topological polar surface area (TPSA) is 67.2 Å². The minimum Gasteiger partial charge on any atom is -0.355 e. The number of likely N-dealkylation sites (N-methyl/N-ethyl adjacent to an activating group) is 1. The third-order valence-corrected chi connectivity index (χ3v) is 4.20. The number of nitrogens with one attached hydrogen (secondary N) is 1. The monoisotopic (exact) mass is 392 g/mol. The van der Waals surface area contributed by atoms with Crippen molar-refractivity contribution in [3.8, 4) is 5.69 Å². The molecule has 2 rings (SSSR count). The second kappa shape index (κ2) is 9.32. The van der Waals surface area contributed by atoms with E-state index in [1.807, 2.05) is 6.92 Å². The predicted molar refractivity (Wildman–Crippen MR) is 103 cm³/mol. The first kappa shape index (κ1) is 20.6. The minimum atomic E-state index is -0.351. The molecule has 0 unspecified atom stereocenters. The van der Waals surface area contributed by atoms with E-state index in [2.05, 4.69) is 10.4 Å². The summed E-state index contributed by atoms with van der Waals surface area (Å²) in [7, 11) is 1.55. The van der Waals surface area contributed by atoms with Crippen LogP contribution in [0.25, 0.3) is 11.8 Å². The Kier molecular flexibility index (Phi) is 7.12. The number of benzene rings is 1. The molecule has 0 saturated carbocycles. The van der Waals surface area contributed by atoms with Crippen LogP contribution in [0, 0.1) is 12.7 Å². The zero-order chi connectivity index (χ0) is 20.0. The molecule has 8 heteroatoms. The van der Waals surface area contributed by atoms with Crippen molar-refractivity contribution >= 4 is 29.5 Å². The van der Waals surface area contributed by atoms with Gasteiger partial charge in [0.15, 0.2) is 0 Å². The van der Waals surface area contributed by atoms with Crippen molar-refractivity contribution in [2.45, 2.75) is 20.3 Å². The van der Waals surface area contributed by atoms with Gasteiger partial charge >= 0.3 is 0 Å². The van der Waals surface area contributed by atoms with E-state index in [4.69, 9.17) is 11.6 Å². The lowest BCUT2D eigenvalue weighted by atomic mass is 10.2. The zero-order valence-electron chi connectivity index (χ0n) is 15.5. The van der Waals surface area contributed by atoms with Crippen LogP contribution in [-0.4, -0.2) is 46.6 Å². The average molecular weight is 393 g/mol. The van der Waals surface area contributed by atoms with Crippen molar-refractivity contribution in [1.29, 1.82) is 0 Å². The molecule has 1 N–H and O–H groups in total. The first-order valence-corrected chi connectivity index (χ1v) is 8.92. The fourth-order valence-electron chi connectivity index (χ4n) is 2.35. The second-order valence-electron chi connectivity index (χ2n) is 6.06. The van der Waals surface area contributed by atoms with Gasteiger partial charge in [0.25, 0.3) is 0 Å². The number of amides is 2. The highest BCUT2D eigenvalue weighted by Crippen LogP contribution is 2.24. The number of carbonyl (C=O) groups is 2. The SMILES string of the molecule is CCCNC(=O)CN(C)C(=O)/C=C/c1c(C)nn(-c2ccc(F)cc2)c1Cl. The van der Waals surface area contributed by atoms with Gasteiger partial charge in [0, 0.05) is 25.2 Å². The number of hydrogen-bond donors (Lipinski definition) is 1. The van der Waals surface area contributed by atoms with E-state index >= 15 is 0 Å². The van der Waals surface area contributed by atoms with Crippen LogP contribution in [0.3, 0.4) is 0 Å². The first-order chi connectivity index (χ1) is 12.8. The summed E-state index contributed by atoms with van der Waals surface area (Å²) in [5, 5.41) is 7.37. The molecule has 1 aromatic heterocycles. The fourth-order valence-corrected chi connectivity index (χ4v) is 2.68. The normalized spacial score (nSPS) is 11.0. The van der Waals surface area contributed by atoms with Gasteiger partial charge in [-0.3, -0.25) is 9.59 Å². The van der Waals surface area contributed by atoms with Crippen molar-refractivity contribution in [2.24, 2.45) is 0 Å². The lowest BCUT2D eigenvalue weighted by Gasteiger charge is -2.14. The van der Waals surface area contributed by atoms with E-state index < -0.39 is 0 Å². The zero-order valence-corrected chi connectivity index (χ0v) is 16.3. The largest absolute Gasteiger partial charge is 0.355 e. The molecule has 0 aliphatic heterocycles. The maximum atomic E-state index is 13.1. The molecule has 6 nitrogen and oxygen atoms in total. The fraction of sp³-hybridized carbons (Fsp3) is 0.316. The Morgan fingerprint density at radius 2 is 2.00 bits per heavy atom. The van der Waals surface area contributed by atoms with E-state index in [0.29, 0.717) is 28.6 Å². The standard InChI is InChI=1S/C19H22ClFN4O2/c1-4-11-22-17(26)12-24(3)18(27)10-9-16-13(2)23-25(19(16)20)15-7-5-14(21)6-8-15/h5-10H,4,11-12H2,1-3H3,(H,22,26)/b10-9+. The molecule has 0 fully saturated rings. The van der Waals surface area contributed by atoms with Crippen molar-refractivity contribution in [1.82, 2.24) is 20.0 Å². The number of hydrogen-bond acceptors (Lipinski definition) is 3. The molecule has 1 aromatic carbocycles. The lowest BCUT2D eigenvalue weighted by Crippen LogP contribution is -2.37. The first-order valence-electron chi connectivity index (χ1n) is 8.54. The number of carbonyl (C=O) groups excluding carboxylic acids is 2. The van der Waals surface area contributed by atoms with Crippen LogP contribution < -0.4 is 5.32 Å². The molecule has 2 aromatic rings.